The molecule has 1 saturated carbocycles. The van der Waals surface area contributed by atoms with Crippen LogP contribution in [-0.2, 0) is 4.79 Å². The van der Waals surface area contributed by atoms with Gasteiger partial charge in [-0.2, -0.15) is 0 Å². The predicted octanol–water partition coefficient (Wildman–Crippen LogP) is 1.92. The number of urea groups is 1. The second-order valence-corrected chi connectivity index (χ2v) is 5.22. The third kappa shape index (κ3) is 7.70. The molecule has 0 spiro atoms. The maximum absolute atomic E-state index is 11.7. The van der Waals surface area contributed by atoms with Crippen molar-refractivity contribution >= 4 is 11.9 Å². The number of nitrogens with one attached hydrogen (secondary N) is 3. The highest BCUT2D eigenvalue weighted by Crippen LogP contribution is 2.16. The molecule has 0 heterocycles. The minimum absolute atomic E-state index is 0.0541. The Kier molecular flexibility index (Phi) is 8.02. The normalized spacial score (nSPS) is 17.1. The van der Waals surface area contributed by atoms with Gasteiger partial charge in [-0.05, 0) is 19.3 Å². The van der Waals surface area contributed by atoms with E-state index >= 15 is 0 Å². The Hall–Kier alpha value is -1.26. The fourth-order valence-corrected chi connectivity index (χ4v) is 2.32. The molecule has 0 aromatic heterocycles. The molecule has 1 rings (SSSR count). The second kappa shape index (κ2) is 9.64. The molecule has 0 aliphatic heterocycles. The highest BCUT2D eigenvalue weighted by atomic mass is 16.2. The van der Waals surface area contributed by atoms with E-state index in [1.807, 2.05) is 6.92 Å². The summed E-state index contributed by atoms with van der Waals surface area (Å²) >= 11 is 0. The van der Waals surface area contributed by atoms with Gasteiger partial charge in [0.15, 0.2) is 0 Å². The van der Waals surface area contributed by atoms with Gasteiger partial charge in [0, 0.05) is 12.6 Å². The lowest BCUT2D eigenvalue weighted by Crippen LogP contribution is -2.46. The first kappa shape index (κ1) is 15.8. The molecule has 1 aliphatic rings. The first-order chi connectivity index (χ1) is 9.22. The minimum Gasteiger partial charge on any atom is -0.355 e. The average Bonchev–Trinajstić information content (AvgIpc) is 2.37. The van der Waals surface area contributed by atoms with E-state index in [9.17, 15) is 9.59 Å². The summed E-state index contributed by atoms with van der Waals surface area (Å²) in [6.07, 6.45) is 9.21. The number of hydrogen-bond donors (Lipinski definition) is 3. The Morgan fingerprint density at radius 2 is 1.63 bits per heavy atom. The molecule has 5 nitrogen and oxygen atoms in total. The fraction of sp³-hybridized carbons (Fsp3) is 0.857. The van der Waals surface area contributed by atoms with E-state index in [0.29, 0.717) is 6.54 Å². The summed E-state index contributed by atoms with van der Waals surface area (Å²) in [5.41, 5.74) is 0. The third-order valence-electron chi connectivity index (χ3n) is 3.42. The Morgan fingerprint density at radius 1 is 1.00 bits per heavy atom. The Bertz CT molecular complexity index is 274. The monoisotopic (exact) mass is 269 g/mol. The lowest BCUT2D eigenvalue weighted by molar-refractivity contribution is -0.120. The van der Waals surface area contributed by atoms with E-state index in [0.717, 1.165) is 19.3 Å². The van der Waals surface area contributed by atoms with Crippen LogP contribution in [0.5, 0.6) is 0 Å². The molecule has 1 aliphatic carbocycles. The molecular formula is C14H27N3O2. The third-order valence-corrected chi connectivity index (χ3v) is 3.42. The number of carbonyl (C=O) groups is 2. The zero-order chi connectivity index (χ0) is 13.9. The highest BCUT2D eigenvalue weighted by Gasteiger charge is 2.14. The summed E-state index contributed by atoms with van der Waals surface area (Å²) in [6, 6.07) is 0.0382. The van der Waals surface area contributed by atoms with Crippen molar-refractivity contribution in [3.05, 3.63) is 0 Å². The van der Waals surface area contributed by atoms with Gasteiger partial charge in [-0.25, -0.2) is 4.79 Å². The molecule has 0 radical (unpaired) electrons. The number of amides is 3. The maximum Gasteiger partial charge on any atom is 0.315 e. The average molecular weight is 269 g/mol. The van der Waals surface area contributed by atoms with Crippen LogP contribution in [0.3, 0.4) is 0 Å². The van der Waals surface area contributed by atoms with Crippen molar-refractivity contribution < 1.29 is 9.59 Å². The van der Waals surface area contributed by atoms with Crippen LogP contribution in [0.25, 0.3) is 0 Å². The van der Waals surface area contributed by atoms with Crippen LogP contribution in [0.1, 0.15) is 58.3 Å². The standard InChI is InChI=1S/C14H27N3O2/c1-2-10-15-13(18)11-16-14(19)17-12-8-6-4-3-5-7-9-12/h12H,2-11H2,1H3,(H,15,18)(H2,16,17,19). The molecule has 0 unspecified atom stereocenters. The van der Waals surface area contributed by atoms with Crippen molar-refractivity contribution in [1.29, 1.82) is 0 Å². The highest BCUT2D eigenvalue weighted by molar-refractivity contribution is 5.83. The zero-order valence-corrected chi connectivity index (χ0v) is 12.0. The molecule has 0 saturated heterocycles. The zero-order valence-electron chi connectivity index (χ0n) is 12.0. The van der Waals surface area contributed by atoms with Crippen LogP contribution in [0.15, 0.2) is 0 Å². The molecule has 0 aromatic carbocycles. The molecule has 3 amide bonds. The predicted molar refractivity (Wildman–Crippen MR) is 75.9 cm³/mol. The summed E-state index contributed by atoms with van der Waals surface area (Å²) in [4.78, 5) is 23.0. The van der Waals surface area contributed by atoms with Crippen LogP contribution >= 0.6 is 0 Å². The summed E-state index contributed by atoms with van der Waals surface area (Å²) in [6.45, 7) is 2.71. The van der Waals surface area contributed by atoms with Crippen molar-refractivity contribution in [3.63, 3.8) is 0 Å². The first-order valence-corrected chi connectivity index (χ1v) is 7.53. The molecule has 3 N–H and O–H groups in total. The van der Waals surface area contributed by atoms with E-state index in [-0.39, 0.29) is 24.5 Å². The molecule has 1 fully saturated rings. The molecule has 5 heteroatoms. The fourth-order valence-electron chi connectivity index (χ4n) is 2.32. The molecule has 0 atom stereocenters. The number of carbonyl (C=O) groups excluding carboxylic acids is 2. The van der Waals surface area contributed by atoms with Crippen molar-refractivity contribution in [2.24, 2.45) is 0 Å². The number of hydrogen-bond acceptors (Lipinski definition) is 2. The SMILES string of the molecule is CCCNC(=O)CNC(=O)NC1CCCCCCC1. The van der Waals surface area contributed by atoms with Gasteiger partial charge in [0.05, 0.1) is 6.54 Å². The summed E-state index contributed by atoms with van der Waals surface area (Å²) < 4.78 is 0. The Balaban J connectivity index is 2.16. The lowest BCUT2D eigenvalue weighted by Gasteiger charge is -2.21. The van der Waals surface area contributed by atoms with Gasteiger partial charge >= 0.3 is 6.03 Å². The van der Waals surface area contributed by atoms with Gasteiger partial charge in [0.25, 0.3) is 0 Å². The van der Waals surface area contributed by atoms with E-state index in [1.54, 1.807) is 0 Å². The Labute approximate surface area is 115 Å². The quantitative estimate of drug-likeness (QED) is 0.713. The summed E-state index contributed by atoms with van der Waals surface area (Å²) in [5.74, 6) is -0.130. The van der Waals surface area contributed by atoms with Gasteiger partial charge in [-0.1, -0.05) is 39.0 Å². The van der Waals surface area contributed by atoms with Crippen molar-refractivity contribution in [2.75, 3.05) is 13.1 Å². The number of rotatable bonds is 5. The van der Waals surface area contributed by atoms with E-state index < -0.39 is 0 Å². The maximum atomic E-state index is 11.7. The smallest absolute Gasteiger partial charge is 0.315 e. The minimum atomic E-state index is -0.225. The van der Waals surface area contributed by atoms with Crippen LogP contribution in [0.2, 0.25) is 0 Å². The molecule has 110 valence electrons. The van der Waals surface area contributed by atoms with Crippen LogP contribution in [0.4, 0.5) is 4.79 Å². The van der Waals surface area contributed by atoms with Gasteiger partial charge in [0.1, 0.15) is 0 Å². The largest absolute Gasteiger partial charge is 0.355 e. The first-order valence-electron chi connectivity index (χ1n) is 7.53. The lowest BCUT2D eigenvalue weighted by atomic mass is 9.97. The Morgan fingerprint density at radius 3 is 2.26 bits per heavy atom. The van der Waals surface area contributed by atoms with E-state index in [4.69, 9.17) is 0 Å². The van der Waals surface area contributed by atoms with Crippen molar-refractivity contribution in [3.8, 4) is 0 Å². The van der Waals surface area contributed by atoms with Gasteiger partial charge in [-0.15, -0.1) is 0 Å². The summed E-state index contributed by atoms with van der Waals surface area (Å²) in [7, 11) is 0. The second-order valence-electron chi connectivity index (χ2n) is 5.22. The van der Waals surface area contributed by atoms with Gasteiger partial charge in [-0.3, -0.25) is 4.79 Å². The molecular weight excluding hydrogens is 242 g/mol. The van der Waals surface area contributed by atoms with Crippen LogP contribution in [-0.4, -0.2) is 31.1 Å². The van der Waals surface area contributed by atoms with E-state index in [2.05, 4.69) is 16.0 Å². The van der Waals surface area contributed by atoms with E-state index in [1.165, 1.54) is 32.1 Å². The topological polar surface area (TPSA) is 70.2 Å². The van der Waals surface area contributed by atoms with Crippen molar-refractivity contribution in [2.45, 2.75) is 64.3 Å². The van der Waals surface area contributed by atoms with Crippen LogP contribution < -0.4 is 16.0 Å². The molecule has 19 heavy (non-hydrogen) atoms. The van der Waals surface area contributed by atoms with Crippen LogP contribution in [0, 0.1) is 0 Å². The molecule has 0 aromatic rings. The molecule has 0 bridgehead atoms. The summed E-state index contributed by atoms with van der Waals surface area (Å²) in [5, 5.41) is 8.31. The van der Waals surface area contributed by atoms with Gasteiger partial charge < -0.3 is 16.0 Å². The van der Waals surface area contributed by atoms with Crippen molar-refractivity contribution in [1.82, 2.24) is 16.0 Å². The van der Waals surface area contributed by atoms with Gasteiger partial charge in [0.2, 0.25) is 5.91 Å².